The number of amides is 1. The monoisotopic (exact) mass is 612 g/mol. The second kappa shape index (κ2) is 13.4. The number of rotatable bonds is 9. The minimum absolute atomic E-state index is 0.268. The van der Waals surface area contributed by atoms with Gasteiger partial charge in [0.2, 0.25) is 5.95 Å². The van der Waals surface area contributed by atoms with Crippen molar-refractivity contribution >= 4 is 57.9 Å². The number of methoxy groups -OCH3 is 2. The van der Waals surface area contributed by atoms with Crippen molar-refractivity contribution in [2.75, 3.05) is 67.0 Å². The number of hydrogen-bond donors (Lipinski definition) is 4. The quantitative estimate of drug-likeness (QED) is 0.209. The Bertz CT molecular complexity index is 1440. The molecule has 0 aliphatic carbocycles. The average molecular weight is 613 g/mol. The van der Waals surface area contributed by atoms with Crippen LogP contribution in [-0.2, 0) is 4.74 Å². The molecule has 0 radical (unpaired) electrons. The fourth-order valence-corrected chi connectivity index (χ4v) is 4.81. The molecule has 1 aliphatic rings. The lowest BCUT2D eigenvalue weighted by Gasteiger charge is -2.38. The normalized spacial score (nSPS) is 13.9. The van der Waals surface area contributed by atoms with Crippen molar-refractivity contribution in [3.05, 3.63) is 41.6 Å². The molecule has 1 aliphatic heterocycles. The van der Waals surface area contributed by atoms with Gasteiger partial charge in [-0.1, -0.05) is 11.6 Å². The summed E-state index contributed by atoms with van der Waals surface area (Å²) in [5.74, 6) is 1.70. The first-order valence-corrected chi connectivity index (χ1v) is 14.5. The van der Waals surface area contributed by atoms with Crippen molar-refractivity contribution < 1.29 is 19.0 Å². The van der Waals surface area contributed by atoms with Crippen molar-refractivity contribution in [3.63, 3.8) is 0 Å². The van der Waals surface area contributed by atoms with Gasteiger partial charge in [0, 0.05) is 44.0 Å². The largest absolute Gasteiger partial charge is 0.495 e. The molecule has 0 spiro atoms. The van der Waals surface area contributed by atoms with Gasteiger partial charge in [-0.3, -0.25) is 10.2 Å². The van der Waals surface area contributed by atoms with Gasteiger partial charge in [0.05, 0.1) is 43.2 Å². The molecule has 1 fully saturated rings. The lowest BCUT2D eigenvalue weighted by Crippen LogP contribution is -2.49. The number of nitrogens with two attached hydrogens (primary N) is 1. The summed E-state index contributed by atoms with van der Waals surface area (Å²) in [6.45, 7) is 13.5. The number of aromatic nitrogens is 2. The maximum atomic E-state index is 12.3. The van der Waals surface area contributed by atoms with E-state index in [-0.39, 0.29) is 11.0 Å². The first-order valence-electron chi connectivity index (χ1n) is 14.1. The highest BCUT2D eigenvalue weighted by Gasteiger charge is 2.22. The van der Waals surface area contributed by atoms with Gasteiger partial charge in [-0.05, 0) is 58.9 Å². The van der Waals surface area contributed by atoms with Crippen molar-refractivity contribution in [2.45, 2.75) is 46.3 Å². The predicted octanol–water partition coefficient (Wildman–Crippen LogP) is 6.09. The third-order valence-corrected chi connectivity index (χ3v) is 7.10. The van der Waals surface area contributed by atoms with Gasteiger partial charge in [-0.15, -0.1) is 0 Å². The van der Waals surface area contributed by atoms with E-state index in [0.29, 0.717) is 46.1 Å². The van der Waals surface area contributed by atoms with Crippen LogP contribution in [0.25, 0.3) is 0 Å². The number of ether oxygens (including phenoxy) is 3. The van der Waals surface area contributed by atoms with Crippen molar-refractivity contribution in [2.24, 2.45) is 0 Å². The second-order valence-corrected chi connectivity index (χ2v) is 11.8. The topological polar surface area (TPSA) is 139 Å². The van der Waals surface area contributed by atoms with E-state index in [1.165, 1.54) is 6.20 Å². The Balaban J connectivity index is 1.54. The summed E-state index contributed by atoms with van der Waals surface area (Å²) < 4.78 is 16.6. The zero-order chi connectivity index (χ0) is 31.3. The maximum Gasteiger partial charge on any atom is 0.412 e. The molecule has 5 N–H and O–H groups in total. The highest BCUT2D eigenvalue weighted by molar-refractivity contribution is 6.33. The first kappa shape index (κ1) is 31.8. The van der Waals surface area contributed by atoms with Crippen LogP contribution in [0.2, 0.25) is 5.02 Å². The van der Waals surface area contributed by atoms with Gasteiger partial charge in [0.25, 0.3) is 0 Å². The van der Waals surface area contributed by atoms with Crippen LogP contribution in [0.3, 0.4) is 0 Å². The Morgan fingerprint density at radius 2 is 1.67 bits per heavy atom. The summed E-state index contributed by atoms with van der Waals surface area (Å²) in [5.41, 5.74) is 9.05. The number of nitrogens with zero attached hydrogens (tertiary/aromatic N) is 4. The molecule has 13 heteroatoms. The molecule has 2 aromatic carbocycles. The minimum Gasteiger partial charge on any atom is -0.495 e. The van der Waals surface area contributed by atoms with Crippen molar-refractivity contribution in [1.29, 1.82) is 0 Å². The Morgan fingerprint density at radius 1 is 1.00 bits per heavy atom. The molecule has 0 bridgehead atoms. The molecule has 12 nitrogen and oxygen atoms in total. The molecule has 232 valence electrons. The summed E-state index contributed by atoms with van der Waals surface area (Å²) in [6.07, 6.45) is 0.902. The predicted molar refractivity (Wildman–Crippen MR) is 173 cm³/mol. The second-order valence-electron chi connectivity index (χ2n) is 11.4. The maximum absolute atomic E-state index is 12.3. The highest BCUT2D eigenvalue weighted by atomic mass is 35.5. The smallest absolute Gasteiger partial charge is 0.412 e. The fraction of sp³-hybridized carbons (Fsp3) is 0.433. The van der Waals surface area contributed by atoms with Gasteiger partial charge in [0.15, 0.2) is 5.82 Å². The fourth-order valence-electron chi connectivity index (χ4n) is 4.67. The van der Waals surface area contributed by atoms with Gasteiger partial charge >= 0.3 is 6.09 Å². The molecular formula is C30H41ClN8O4. The van der Waals surface area contributed by atoms with E-state index >= 15 is 0 Å². The van der Waals surface area contributed by atoms with Gasteiger partial charge < -0.3 is 35.5 Å². The lowest BCUT2D eigenvalue weighted by atomic mass is 10.1. The number of benzene rings is 2. The highest BCUT2D eigenvalue weighted by Crippen LogP contribution is 2.38. The standard InChI is InChI=1S/C30H41ClN8O4/c1-18(2)38-10-12-39(13-11-38)24-16-26(42-7)23(15-21(24)32)36-28-33-17-20(31)27(37-28)35-22-14-19(8-9-25(22)41-6)34-29(40)43-30(3,4)5/h8-9,14-18H,10-13,32H2,1-7H3,(H,34,40)(H2,33,35,36,37). The van der Waals surface area contributed by atoms with Crippen LogP contribution in [0.15, 0.2) is 36.5 Å². The van der Waals surface area contributed by atoms with Crippen LogP contribution in [0.5, 0.6) is 11.5 Å². The van der Waals surface area contributed by atoms with Gasteiger partial charge in [-0.2, -0.15) is 4.98 Å². The first-order chi connectivity index (χ1) is 20.4. The van der Waals surface area contributed by atoms with Crippen LogP contribution in [0.1, 0.15) is 34.6 Å². The zero-order valence-electron chi connectivity index (χ0n) is 25.7. The summed E-state index contributed by atoms with van der Waals surface area (Å²) in [5, 5.41) is 9.38. The van der Waals surface area contributed by atoms with Crippen LogP contribution in [0.4, 0.5) is 45.0 Å². The molecular weight excluding hydrogens is 572 g/mol. The molecule has 4 rings (SSSR count). The number of halogens is 1. The van der Waals surface area contributed by atoms with Crippen molar-refractivity contribution in [3.8, 4) is 11.5 Å². The minimum atomic E-state index is -0.633. The third-order valence-electron chi connectivity index (χ3n) is 6.82. The Labute approximate surface area is 257 Å². The van der Waals surface area contributed by atoms with Gasteiger partial charge in [-0.25, -0.2) is 9.78 Å². The summed E-state index contributed by atoms with van der Waals surface area (Å²) in [7, 11) is 3.15. The van der Waals surface area contributed by atoms with E-state index in [4.69, 9.17) is 31.5 Å². The van der Waals surface area contributed by atoms with E-state index in [1.54, 1.807) is 53.2 Å². The summed E-state index contributed by atoms with van der Waals surface area (Å²) in [6, 6.07) is 9.37. The summed E-state index contributed by atoms with van der Waals surface area (Å²) >= 11 is 6.46. The Kier molecular flexibility index (Phi) is 9.92. The number of nitrogen functional groups attached to an aromatic ring is 1. The third kappa shape index (κ3) is 8.23. The molecule has 3 aromatic rings. The van der Waals surface area contributed by atoms with E-state index in [2.05, 4.69) is 49.6 Å². The molecule has 2 heterocycles. The number of hydrogen-bond acceptors (Lipinski definition) is 11. The van der Waals surface area contributed by atoms with Crippen molar-refractivity contribution in [1.82, 2.24) is 14.9 Å². The molecule has 0 unspecified atom stereocenters. The number of piperazine rings is 1. The lowest BCUT2D eigenvalue weighted by molar-refractivity contribution is 0.0636. The number of carbonyl (C=O) groups is 1. The average Bonchev–Trinajstić information content (AvgIpc) is 2.94. The summed E-state index contributed by atoms with van der Waals surface area (Å²) in [4.78, 5) is 25.9. The molecule has 1 saturated heterocycles. The van der Waals surface area contributed by atoms with Crippen LogP contribution >= 0.6 is 11.6 Å². The van der Waals surface area contributed by atoms with Crippen LogP contribution in [-0.4, -0.2) is 73.0 Å². The van der Waals surface area contributed by atoms with Crippen LogP contribution < -0.4 is 36.1 Å². The molecule has 1 amide bonds. The Hall–Kier alpha value is -4.16. The molecule has 0 saturated carbocycles. The van der Waals surface area contributed by atoms with E-state index in [0.717, 1.165) is 31.9 Å². The number of carbonyl (C=O) groups excluding carboxylic acids is 1. The van der Waals surface area contributed by atoms with E-state index in [9.17, 15) is 4.79 Å². The van der Waals surface area contributed by atoms with E-state index < -0.39 is 11.7 Å². The SMILES string of the molecule is COc1cc(N2CCN(C(C)C)CC2)c(N)cc1Nc1ncc(Cl)c(Nc2cc(NC(=O)OC(C)(C)C)ccc2OC)n1. The van der Waals surface area contributed by atoms with Crippen LogP contribution in [0, 0.1) is 0 Å². The number of anilines is 7. The number of nitrogens with one attached hydrogen (secondary N) is 3. The molecule has 43 heavy (non-hydrogen) atoms. The Morgan fingerprint density at radius 3 is 2.30 bits per heavy atom. The molecule has 1 aromatic heterocycles. The molecule has 0 atom stereocenters. The van der Waals surface area contributed by atoms with Gasteiger partial charge in [0.1, 0.15) is 22.1 Å². The zero-order valence-corrected chi connectivity index (χ0v) is 26.5. The van der Waals surface area contributed by atoms with E-state index in [1.807, 2.05) is 12.1 Å².